The fourth-order valence-electron chi connectivity index (χ4n) is 4.37. The number of carbonyl (C=O) groups is 2. The Hall–Kier alpha value is -3.58. The molecule has 0 atom stereocenters. The SMILES string of the molecule is Cc1cc(C(N)=O)c(-c2cccc(OC(=O)NC3CCN(CCCc4ccccc4)CC3)c2)o1. The summed E-state index contributed by atoms with van der Waals surface area (Å²) in [5, 5.41) is 2.98. The Bertz CT molecular complexity index is 1120. The summed E-state index contributed by atoms with van der Waals surface area (Å²) in [5.74, 6) is 0.759. The number of nitrogens with zero attached hydrogens (tertiary/aromatic N) is 1. The number of nitrogens with one attached hydrogen (secondary N) is 1. The highest BCUT2D eigenvalue weighted by molar-refractivity contribution is 5.98. The Balaban J connectivity index is 1.24. The van der Waals surface area contributed by atoms with Crippen LogP contribution in [0.1, 0.15) is 40.9 Å². The van der Waals surface area contributed by atoms with Gasteiger partial charge in [-0.3, -0.25) is 4.79 Å². The Labute approximate surface area is 199 Å². The van der Waals surface area contributed by atoms with Crippen LogP contribution in [0.4, 0.5) is 4.79 Å². The molecule has 1 aromatic heterocycles. The number of furan rings is 1. The summed E-state index contributed by atoms with van der Waals surface area (Å²) in [7, 11) is 0. The normalized spacial score (nSPS) is 14.6. The Morgan fingerprint density at radius 3 is 2.59 bits per heavy atom. The molecule has 1 fully saturated rings. The van der Waals surface area contributed by atoms with Crippen molar-refractivity contribution in [2.75, 3.05) is 19.6 Å². The van der Waals surface area contributed by atoms with Crippen molar-refractivity contribution in [2.24, 2.45) is 5.73 Å². The van der Waals surface area contributed by atoms with Crippen LogP contribution in [-0.4, -0.2) is 42.6 Å². The van der Waals surface area contributed by atoms with E-state index in [1.54, 1.807) is 37.3 Å². The lowest BCUT2D eigenvalue weighted by Crippen LogP contribution is -2.45. The molecule has 0 saturated carbocycles. The third-order valence-electron chi connectivity index (χ3n) is 6.12. The number of primary amides is 1. The van der Waals surface area contributed by atoms with E-state index in [0.29, 0.717) is 28.4 Å². The number of hydrogen-bond acceptors (Lipinski definition) is 5. The smallest absolute Gasteiger partial charge is 0.412 e. The molecule has 2 aromatic carbocycles. The molecule has 1 aliphatic heterocycles. The first kappa shape index (κ1) is 23.6. The van der Waals surface area contributed by atoms with Crippen molar-refractivity contribution < 1.29 is 18.7 Å². The maximum Gasteiger partial charge on any atom is 0.412 e. The lowest BCUT2D eigenvalue weighted by atomic mass is 10.0. The molecule has 178 valence electrons. The molecule has 1 aliphatic rings. The fourth-order valence-corrected chi connectivity index (χ4v) is 4.37. The standard InChI is InChI=1S/C27H31N3O4/c1-19-17-24(26(28)31)25(33-19)21-10-5-11-23(18-21)34-27(32)29-22-12-15-30(16-13-22)14-6-9-20-7-3-2-4-8-20/h2-5,7-8,10-11,17-18,22H,6,9,12-16H2,1H3,(H2,28,31)(H,29,32). The lowest BCUT2D eigenvalue weighted by Gasteiger charge is -2.32. The number of amides is 2. The predicted molar refractivity (Wildman–Crippen MR) is 131 cm³/mol. The van der Waals surface area contributed by atoms with Gasteiger partial charge in [0.2, 0.25) is 0 Å². The highest BCUT2D eigenvalue weighted by atomic mass is 16.6. The summed E-state index contributed by atoms with van der Waals surface area (Å²) in [6, 6.07) is 19.1. The van der Waals surface area contributed by atoms with Gasteiger partial charge in [0, 0.05) is 24.7 Å². The van der Waals surface area contributed by atoms with Crippen molar-refractivity contribution in [1.29, 1.82) is 0 Å². The third kappa shape index (κ3) is 6.26. The lowest BCUT2D eigenvalue weighted by molar-refractivity contribution is 0.100. The number of ether oxygens (including phenoxy) is 1. The second-order valence-corrected chi connectivity index (χ2v) is 8.73. The van der Waals surface area contributed by atoms with Crippen LogP contribution in [0.5, 0.6) is 5.75 Å². The van der Waals surface area contributed by atoms with Gasteiger partial charge in [0.1, 0.15) is 17.3 Å². The van der Waals surface area contributed by atoms with Gasteiger partial charge in [-0.25, -0.2) is 4.79 Å². The number of aryl methyl sites for hydroxylation is 2. The van der Waals surface area contributed by atoms with Crippen molar-refractivity contribution in [3.05, 3.63) is 77.6 Å². The van der Waals surface area contributed by atoms with Gasteiger partial charge in [-0.1, -0.05) is 42.5 Å². The topological polar surface area (TPSA) is 97.8 Å². The van der Waals surface area contributed by atoms with Gasteiger partial charge in [-0.15, -0.1) is 0 Å². The second kappa shape index (κ2) is 11.0. The summed E-state index contributed by atoms with van der Waals surface area (Å²) in [4.78, 5) is 26.6. The predicted octanol–water partition coefficient (Wildman–Crippen LogP) is 4.54. The van der Waals surface area contributed by atoms with Gasteiger partial charge in [-0.2, -0.15) is 0 Å². The Morgan fingerprint density at radius 2 is 1.85 bits per heavy atom. The minimum Gasteiger partial charge on any atom is -0.461 e. The van der Waals surface area contributed by atoms with Crippen molar-refractivity contribution in [3.63, 3.8) is 0 Å². The summed E-state index contributed by atoms with van der Waals surface area (Å²) in [6.45, 7) is 4.74. The average molecular weight is 462 g/mol. The minimum atomic E-state index is -0.567. The molecule has 3 aromatic rings. The molecule has 0 aliphatic carbocycles. The molecule has 4 rings (SSSR count). The molecule has 7 nitrogen and oxygen atoms in total. The first-order valence-corrected chi connectivity index (χ1v) is 11.7. The van der Waals surface area contributed by atoms with Crippen LogP contribution in [0.2, 0.25) is 0 Å². The van der Waals surface area contributed by atoms with E-state index in [-0.39, 0.29) is 6.04 Å². The average Bonchev–Trinajstić information content (AvgIpc) is 3.23. The van der Waals surface area contributed by atoms with Crippen LogP contribution < -0.4 is 15.8 Å². The zero-order chi connectivity index (χ0) is 23.9. The first-order chi connectivity index (χ1) is 16.5. The van der Waals surface area contributed by atoms with Crippen molar-refractivity contribution >= 4 is 12.0 Å². The van der Waals surface area contributed by atoms with E-state index in [0.717, 1.165) is 45.3 Å². The molecule has 1 saturated heterocycles. The molecule has 0 radical (unpaired) electrons. The number of carbonyl (C=O) groups excluding carboxylic acids is 2. The van der Waals surface area contributed by atoms with Crippen molar-refractivity contribution in [1.82, 2.24) is 10.2 Å². The number of rotatable bonds is 8. The number of hydrogen-bond donors (Lipinski definition) is 2. The Kier molecular flexibility index (Phi) is 7.65. The second-order valence-electron chi connectivity index (χ2n) is 8.73. The first-order valence-electron chi connectivity index (χ1n) is 11.7. The number of piperidine rings is 1. The molecule has 2 amide bonds. The maximum absolute atomic E-state index is 12.5. The van der Waals surface area contributed by atoms with Crippen LogP contribution in [-0.2, 0) is 6.42 Å². The summed E-state index contributed by atoms with van der Waals surface area (Å²) < 4.78 is 11.2. The Morgan fingerprint density at radius 1 is 1.09 bits per heavy atom. The van der Waals surface area contributed by atoms with Gasteiger partial charge in [-0.05, 0) is 62.9 Å². The summed E-state index contributed by atoms with van der Waals surface area (Å²) >= 11 is 0. The largest absolute Gasteiger partial charge is 0.461 e. The molecule has 2 heterocycles. The van der Waals surface area contributed by atoms with Crippen molar-refractivity contribution in [2.45, 2.75) is 38.6 Å². The zero-order valence-corrected chi connectivity index (χ0v) is 19.5. The molecular weight excluding hydrogens is 430 g/mol. The third-order valence-corrected chi connectivity index (χ3v) is 6.12. The van der Waals surface area contributed by atoms with Crippen LogP contribution in [0, 0.1) is 6.92 Å². The highest BCUT2D eigenvalue weighted by Crippen LogP contribution is 2.29. The number of likely N-dealkylation sites (tertiary alicyclic amines) is 1. The molecule has 7 heteroatoms. The van der Waals surface area contributed by atoms with Crippen molar-refractivity contribution in [3.8, 4) is 17.1 Å². The molecule has 0 spiro atoms. The maximum atomic E-state index is 12.5. The molecular formula is C27H31N3O4. The number of benzene rings is 2. The number of nitrogens with two attached hydrogens (primary N) is 1. The van der Waals surface area contributed by atoms with E-state index in [2.05, 4.69) is 34.5 Å². The molecule has 0 unspecified atom stereocenters. The van der Waals surface area contributed by atoms with Crippen LogP contribution in [0.3, 0.4) is 0 Å². The summed E-state index contributed by atoms with van der Waals surface area (Å²) in [6.07, 6.45) is 3.53. The van der Waals surface area contributed by atoms with Gasteiger partial charge < -0.3 is 25.1 Å². The van der Waals surface area contributed by atoms with Gasteiger partial charge in [0.05, 0.1) is 5.56 Å². The zero-order valence-electron chi connectivity index (χ0n) is 19.5. The van der Waals surface area contributed by atoms with Gasteiger partial charge in [0.25, 0.3) is 5.91 Å². The highest BCUT2D eigenvalue weighted by Gasteiger charge is 2.22. The van der Waals surface area contributed by atoms with Gasteiger partial charge >= 0.3 is 6.09 Å². The van der Waals surface area contributed by atoms with E-state index in [1.807, 2.05) is 6.07 Å². The molecule has 34 heavy (non-hydrogen) atoms. The quantitative estimate of drug-likeness (QED) is 0.513. The van der Waals surface area contributed by atoms with Crippen LogP contribution >= 0.6 is 0 Å². The van der Waals surface area contributed by atoms with Crippen LogP contribution in [0.25, 0.3) is 11.3 Å². The van der Waals surface area contributed by atoms with E-state index >= 15 is 0 Å². The summed E-state index contributed by atoms with van der Waals surface area (Å²) in [5.41, 5.74) is 7.75. The van der Waals surface area contributed by atoms with E-state index in [9.17, 15) is 9.59 Å². The van der Waals surface area contributed by atoms with Crippen LogP contribution in [0.15, 0.2) is 65.1 Å². The van der Waals surface area contributed by atoms with E-state index < -0.39 is 12.0 Å². The minimum absolute atomic E-state index is 0.0928. The van der Waals surface area contributed by atoms with E-state index in [1.165, 1.54) is 5.56 Å². The monoisotopic (exact) mass is 461 g/mol. The fraction of sp³-hybridized carbons (Fsp3) is 0.333. The van der Waals surface area contributed by atoms with E-state index in [4.69, 9.17) is 14.9 Å². The molecule has 0 bridgehead atoms. The molecule has 3 N–H and O–H groups in total. The van der Waals surface area contributed by atoms with Gasteiger partial charge in [0.15, 0.2) is 0 Å².